The number of benzene rings is 1. The van der Waals surface area contributed by atoms with Gasteiger partial charge < -0.3 is 0 Å². The van der Waals surface area contributed by atoms with Crippen molar-refractivity contribution in [2.45, 2.75) is 63.2 Å². The molecule has 114 valence electrons. The molecule has 1 aliphatic carbocycles. The zero-order valence-electron chi connectivity index (χ0n) is 13.6. The zero-order chi connectivity index (χ0) is 15.7. The van der Waals surface area contributed by atoms with Gasteiger partial charge in [-0.25, -0.2) is 0 Å². The predicted octanol–water partition coefficient (Wildman–Crippen LogP) is 4.70. The van der Waals surface area contributed by atoms with Crippen LogP contribution in [0.4, 0.5) is 0 Å². The monoisotopic (exact) mass is 302 g/mol. The van der Waals surface area contributed by atoms with Crippen molar-refractivity contribution in [3.63, 3.8) is 0 Å². The number of hydrogen-bond donors (Lipinski definition) is 1. The molecule has 0 aromatic heterocycles. The van der Waals surface area contributed by atoms with Crippen molar-refractivity contribution in [1.29, 1.82) is 5.26 Å². The molecule has 0 spiro atoms. The maximum absolute atomic E-state index is 9.41. The highest BCUT2D eigenvalue weighted by Crippen LogP contribution is 2.43. The van der Waals surface area contributed by atoms with Gasteiger partial charge in [0.05, 0.1) is 11.5 Å². The second-order valence-corrected chi connectivity index (χ2v) is 9.25. The fraction of sp³-hybridized carbons (Fsp3) is 0.556. The van der Waals surface area contributed by atoms with Gasteiger partial charge in [-0.2, -0.15) is 5.26 Å². The van der Waals surface area contributed by atoms with Crippen molar-refractivity contribution in [3.05, 3.63) is 35.4 Å². The van der Waals surface area contributed by atoms with Crippen LogP contribution in [0.5, 0.6) is 0 Å². The van der Waals surface area contributed by atoms with E-state index < -0.39 is 0 Å². The number of nitriles is 1. The zero-order valence-corrected chi connectivity index (χ0v) is 14.4. The predicted molar refractivity (Wildman–Crippen MR) is 93.6 cm³/mol. The van der Waals surface area contributed by atoms with Crippen molar-refractivity contribution in [3.8, 4) is 6.07 Å². The quantitative estimate of drug-likeness (QED) is 0.819. The Kier molecular flexibility index (Phi) is 4.60. The summed E-state index contributed by atoms with van der Waals surface area (Å²) in [6.45, 7) is 8.80. The van der Waals surface area contributed by atoms with Gasteiger partial charge in [0.1, 0.15) is 0 Å². The molecule has 21 heavy (non-hydrogen) atoms. The molecule has 0 bridgehead atoms. The lowest BCUT2D eigenvalue weighted by Crippen LogP contribution is -2.32. The van der Waals surface area contributed by atoms with Crippen molar-refractivity contribution in [2.75, 3.05) is 0 Å². The van der Waals surface area contributed by atoms with E-state index in [4.69, 9.17) is 0 Å². The first-order valence-electron chi connectivity index (χ1n) is 7.60. The van der Waals surface area contributed by atoms with Gasteiger partial charge in [0, 0.05) is 10.8 Å². The Morgan fingerprint density at radius 3 is 2.24 bits per heavy atom. The van der Waals surface area contributed by atoms with Crippen molar-refractivity contribution in [1.82, 2.24) is 4.72 Å². The highest BCUT2D eigenvalue weighted by Gasteiger charge is 2.38. The van der Waals surface area contributed by atoms with Crippen LogP contribution in [0.3, 0.4) is 0 Å². The molecule has 1 N–H and O–H groups in total. The lowest BCUT2D eigenvalue weighted by atomic mass is 9.65. The van der Waals surface area contributed by atoms with Crippen molar-refractivity contribution < 1.29 is 0 Å². The highest BCUT2D eigenvalue weighted by atomic mass is 32.2. The lowest BCUT2D eigenvalue weighted by Gasteiger charge is -2.35. The van der Waals surface area contributed by atoms with Crippen LogP contribution in [-0.2, 0) is 5.41 Å². The fourth-order valence-corrected chi connectivity index (χ4v) is 3.46. The summed E-state index contributed by atoms with van der Waals surface area (Å²) in [4.78, 5) is 0. The third kappa shape index (κ3) is 3.39. The molecule has 0 aliphatic heterocycles. The molecular formula is C18H26N2S. The van der Waals surface area contributed by atoms with Crippen LogP contribution < -0.4 is 4.72 Å². The van der Waals surface area contributed by atoms with Crippen LogP contribution in [0, 0.1) is 11.3 Å². The van der Waals surface area contributed by atoms with Gasteiger partial charge in [0.25, 0.3) is 0 Å². The van der Waals surface area contributed by atoms with Crippen LogP contribution >= 0.6 is 10.7 Å². The van der Waals surface area contributed by atoms with E-state index >= 15 is 0 Å². The number of rotatable bonds is 4. The molecular weight excluding hydrogens is 276 g/mol. The Labute approximate surface area is 131 Å². The first kappa shape index (κ1) is 16.3. The van der Waals surface area contributed by atoms with Crippen molar-refractivity contribution >= 4 is 16.5 Å². The molecule has 1 aliphatic rings. The van der Waals surface area contributed by atoms with Gasteiger partial charge in [-0.1, -0.05) is 50.9 Å². The van der Waals surface area contributed by atoms with E-state index in [1.807, 2.05) is 0 Å². The van der Waals surface area contributed by atoms with E-state index in [9.17, 15) is 5.26 Å². The maximum Gasteiger partial charge on any atom is 0.0822 e. The first-order valence-corrected chi connectivity index (χ1v) is 9.00. The van der Waals surface area contributed by atoms with Gasteiger partial charge in [0.2, 0.25) is 0 Å². The third-order valence-electron chi connectivity index (χ3n) is 4.44. The molecule has 0 heterocycles. The van der Waals surface area contributed by atoms with Crippen LogP contribution in [0.15, 0.2) is 24.3 Å². The lowest BCUT2D eigenvalue weighted by molar-refractivity contribution is 0.324. The second-order valence-electron chi connectivity index (χ2n) is 7.01. The van der Waals surface area contributed by atoms with Crippen LogP contribution in [0.1, 0.15) is 64.1 Å². The largest absolute Gasteiger partial charge is 0.262 e. The molecule has 0 saturated heterocycles. The summed E-state index contributed by atoms with van der Waals surface area (Å²) in [5.74, 6) is 4.24. The molecule has 2 nitrogen and oxygen atoms in total. The molecule has 1 saturated carbocycles. The van der Waals surface area contributed by atoms with Gasteiger partial charge in [-0.15, -0.1) is 10.7 Å². The van der Waals surface area contributed by atoms with Crippen LogP contribution in [-0.4, -0.2) is 10.6 Å². The Bertz CT molecular complexity index is 556. The Morgan fingerprint density at radius 2 is 1.86 bits per heavy atom. The summed E-state index contributed by atoms with van der Waals surface area (Å²) < 4.78 is 3.76. The van der Waals surface area contributed by atoms with E-state index in [1.54, 1.807) is 0 Å². The van der Waals surface area contributed by atoms with Gasteiger partial charge in [0.15, 0.2) is 0 Å². The SMILES string of the molecule is C=S(NC(C)c1ccc(C2(C#N)CCC2)cc1)C(C)(C)C. The topological polar surface area (TPSA) is 35.8 Å². The normalized spacial score (nSPS) is 20.1. The minimum Gasteiger partial charge on any atom is -0.262 e. The van der Waals surface area contributed by atoms with Gasteiger partial charge >= 0.3 is 0 Å². The number of hydrogen-bond acceptors (Lipinski definition) is 2. The van der Waals surface area contributed by atoms with E-state index in [0.29, 0.717) is 0 Å². The Morgan fingerprint density at radius 1 is 1.29 bits per heavy atom. The summed E-state index contributed by atoms with van der Waals surface area (Å²) in [7, 11) is -0.0847. The van der Waals surface area contributed by atoms with Crippen LogP contribution in [0.25, 0.3) is 0 Å². The first-order chi connectivity index (χ1) is 9.78. The molecule has 0 amide bonds. The summed E-state index contributed by atoms with van der Waals surface area (Å²) >= 11 is 0. The minimum absolute atomic E-state index is 0.0847. The molecule has 2 rings (SSSR count). The summed E-state index contributed by atoms with van der Waals surface area (Å²) in [5.41, 5.74) is 2.23. The molecule has 1 aromatic rings. The smallest absolute Gasteiger partial charge is 0.0822 e. The van der Waals surface area contributed by atoms with Gasteiger partial charge in [-0.3, -0.25) is 4.72 Å². The molecule has 1 aromatic carbocycles. The highest BCUT2D eigenvalue weighted by molar-refractivity contribution is 8.13. The minimum atomic E-state index is -0.211. The van der Waals surface area contributed by atoms with E-state index in [1.165, 1.54) is 17.5 Å². The van der Waals surface area contributed by atoms with Crippen LogP contribution in [0.2, 0.25) is 0 Å². The third-order valence-corrected chi connectivity index (χ3v) is 6.56. The maximum atomic E-state index is 9.41. The summed E-state index contributed by atoms with van der Waals surface area (Å²) in [6, 6.07) is 11.4. The average molecular weight is 302 g/mol. The Balaban J connectivity index is 2.09. The summed E-state index contributed by atoms with van der Waals surface area (Å²) in [5, 5.41) is 9.41. The number of nitrogens with zero attached hydrogens (tertiary/aromatic N) is 1. The molecule has 2 atom stereocenters. The average Bonchev–Trinajstić information content (AvgIpc) is 2.37. The molecule has 3 heteroatoms. The van der Waals surface area contributed by atoms with E-state index in [-0.39, 0.29) is 26.9 Å². The Hall–Kier alpha value is -1.11. The summed E-state index contributed by atoms with van der Waals surface area (Å²) in [6.07, 6.45) is 3.18. The molecule has 1 fully saturated rings. The van der Waals surface area contributed by atoms with Crippen molar-refractivity contribution in [2.24, 2.45) is 0 Å². The van der Waals surface area contributed by atoms with Gasteiger partial charge in [-0.05, 0) is 37.3 Å². The fourth-order valence-electron chi connectivity index (χ4n) is 2.54. The molecule has 2 unspecified atom stereocenters. The van der Waals surface area contributed by atoms with E-state index in [0.717, 1.165) is 12.8 Å². The van der Waals surface area contributed by atoms with E-state index in [2.05, 4.69) is 68.6 Å². The second kappa shape index (κ2) is 5.94. The molecule has 0 radical (unpaired) electrons. The number of nitrogens with one attached hydrogen (secondary N) is 1. The standard InChI is InChI=1S/C18H26N2S/c1-14(20-21(5)17(2,3)4)15-7-9-16(10-8-15)18(13-19)11-6-12-18/h7-10,14,20H,5-6,11-12H2,1-4H3.